The van der Waals surface area contributed by atoms with E-state index < -0.39 is 23.3 Å². The maximum Gasteiger partial charge on any atom is 0.319 e. The normalized spacial score (nSPS) is 24.6. The van der Waals surface area contributed by atoms with Crippen molar-refractivity contribution in [2.75, 3.05) is 38.2 Å². The molecule has 3 aliphatic heterocycles. The zero-order chi connectivity index (χ0) is 32.3. The molecule has 4 atom stereocenters. The third kappa shape index (κ3) is 4.95. The maximum absolute atomic E-state index is 16.7. The molecule has 3 saturated heterocycles. The van der Waals surface area contributed by atoms with Gasteiger partial charge in [-0.05, 0) is 50.3 Å². The van der Waals surface area contributed by atoms with Gasteiger partial charge in [0.1, 0.15) is 35.6 Å². The number of alkyl halides is 1. The number of benzene rings is 2. The minimum absolute atomic E-state index is 0.0263. The molecule has 5 heterocycles. The van der Waals surface area contributed by atoms with Crippen molar-refractivity contribution in [1.82, 2.24) is 24.8 Å². The van der Waals surface area contributed by atoms with Crippen LogP contribution in [0.1, 0.15) is 32.6 Å². The molecule has 0 aliphatic carbocycles. The zero-order valence-corrected chi connectivity index (χ0v) is 26.4. The lowest BCUT2D eigenvalue weighted by Gasteiger charge is -2.32. The first-order valence-electron chi connectivity index (χ1n) is 15.5. The molecule has 7 rings (SSSR count). The molecule has 0 N–H and O–H groups in total. The Morgan fingerprint density at radius 2 is 2.07 bits per heavy atom. The van der Waals surface area contributed by atoms with E-state index in [4.69, 9.17) is 21.3 Å². The summed E-state index contributed by atoms with van der Waals surface area (Å²) in [7, 11) is 1.84. The summed E-state index contributed by atoms with van der Waals surface area (Å²) in [5.41, 5.74) is -0.207. The second kappa shape index (κ2) is 11.7. The van der Waals surface area contributed by atoms with Gasteiger partial charge < -0.3 is 14.5 Å². The van der Waals surface area contributed by atoms with Gasteiger partial charge in [0.25, 0.3) is 0 Å². The summed E-state index contributed by atoms with van der Waals surface area (Å²) >= 11 is 6.39. The highest BCUT2D eigenvalue weighted by Gasteiger charge is 2.49. The Balaban J connectivity index is 1.34. The van der Waals surface area contributed by atoms with Gasteiger partial charge in [-0.3, -0.25) is 14.7 Å². The van der Waals surface area contributed by atoms with Gasteiger partial charge in [0.15, 0.2) is 5.82 Å². The van der Waals surface area contributed by atoms with E-state index in [1.54, 1.807) is 29.2 Å². The predicted molar refractivity (Wildman–Crippen MR) is 172 cm³/mol. The summed E-state index contributed by atoms with van der Waals surface area (Å²) in [6, 6.07) is 7.62. The van der Waals surface area contributed by atoms with E-state index in [2.05, 4.69) is 21.4 Å². The van der Waals surface area contributed by atoms with Crippen molar-refractivity contribution in [3.8, 4) is 17.3 Å². The number of rotatable bonds is 7. The molecule has 3 aliphatic rings. The quantitative estimate of drug-likeness (QED) is 0.216. The Kier molecular flexibility index (Phi) is 7.79. The number of likely N-dealkylation sites (tertiary alicyclic amines) is 1. The van der Waals surface area contributed by atoms with Crippen LogP contribution in [0.5, 0.6) is 6.01 Å². The van der Waals surface area contributed by atoms with Gasteiger partial charge in [0, 0.05) is 49.7 Å². The summed E-state index contributed by atoms with van der Waals surface area (Å²) in [4.78, 5) is 32.1. The second-order valence-corrected chi connectivity index (χ2v) is 13.0. The van der Waals surface area contributed by atoms with Crippen molar-refractivity contribution >= 4 is 45.0 Å². The third-order valence-corrected chi connectivity index (χ3v) is 10.4. The molecule has 1 amide bonds. The number of halogens is 4. The maximum atomic E-state index is 16.7. The molecule has 0 radical (unpaired) electrons. The van der Waals surface area contributed by atoms with E-state index in [1.165, 1.54) is 18.3 Å². The van der Waals surface area contributed by atoms with Crippen LogP contribution < -0.4 is 9.64 Å². The molecule has 2 aromatic carbocycles. The molecule has 2 aromatic heterocycles. The molecule has 46 heavy (non-hydrogen) atoms. The van der Waals surface area contributed by atoms with Crippen molar-refractivity contribution in [2.24, 2.45) is 0 Å². The van der Waals surface area contributed by atoms with Crippen LogP contribution in [-0.4, -0.2) is 87.7 Å². The minimum Gasteiger partial charge on any atom is -0.461 e. The van der Waals surface area contributed by atoms with Crippen molar-refractivity contribution in [3.05, 3.63) is 65.8 Å². The molecule has 0 saturated carbocycles. The number of anilines is 1. The summed E-state index contributed by atoms with van der Waals surface area (Å²) in [5.74, 6) is -1.13. The molecule has 0 unspecified atom stereocenters. The standard InChI is InChI=1S/C34H34ClF3N6O2/c1-4-26(45)44-14-11-25(19(44)2)42(3)32-23-16-39-30(22-8-5-7-20-9-10-24(37)28(35)27(20)22)29(38)31(23)40-33(41-32)46-18-34-12-6-13-43(34)17-21(36)15-34/h4-5,7-10,16,19,21,25H,1,6,11-15,17-18H2,2-3H3/t19-,21-,25-,34+/m1/s1. The van der Waals surface area contributed by atoms with Crippen molar-refractivity contribution in [2.45, 2.75) is 56.4 Å². The molecular weight excluding hydrogens is 617 g/mol. The zero-order valence-electron chi connectivity index (χ0n) is 25.6. The first-order valence-corrected chi connectivity index (χ1v) is 15.9. The number of hydrogen-bond donors (Lipinski definition) is 0. The number of amides is 1. The monoisotopic (exact) mass is 650 g/mol. The van der Waals surface area contributed by atoms with Crippen molar-refractivity contribution in [1.29, 1.82) is 0 Å². The van der Waals surface area contributed by atoms with E-state index in [-0.39, 0.29) is 46.8 Å². The van der Waals surface area contributed by atoms with Gasteiger partial charge in [-0.2, -0.15) is 9.97 Å². The van der Waals surface area contributed by atoms with Gasteiger partial charge in [-0.1, -0.05) is 42.4 Å². The number of nitrogens with zero attached hydrogens (tertiary/aromatic N) is 6. The SMILES string of the molecule is C=CC(=O)N1CC[C@@H](N(C)c2nc(OC[C@@]34CCCN3C[C@H](F)C4)nc3c(F)c(-c4cccc5ccc(F)c(Cl)c45)ncc23)[C@H]1C. The lowest BCUT2D eigenvalue weighted by molar-refractivity contribution is -0.126. The third-order valence-electron chi connectivity index (χ3n) is 10.1. The molecule has 3 fully saturated rings. The topological polar surface area (TPSA) is 74.7 Å². The fourth-order valence-corrected chi connectivity index (χ4v) is 8.00. The number of ether oxygens (including phenoxy) is 1. The summed E-state index contributed by atoms with van der Waals surface area (Å²) in [6.45, 7) is 7.45. The highest BCUT2D eigenvalue weighted by Crippen LogP contribution is 2.42. The largest absolute Gasteiger partial charge is 0.461 e. The lowest BCUT2D eigenvalue weighted by atomic mass is 9.95. The van der Waals surface area contributed by atoms with Crippen LogP contribution in [0.3, 0.4) is 0 Å². The van der Waals surface area contributed by atoms with Gasteiger partial charge in [0.2, 0.25) is 5.91 Å². The first-order chi connectivity index (χ1) is 22.1. The lowest BCUT2D eigenvalue weighted by Crippen LogP contribution is -2.44. The Morgan fingerprint density at radius 3 is 2.87 bits per heavy atom. The van der Waals surface area contributed by atoms with E-state index >= 15 is 4.39 Å². The van der Waals surface area contributed by atoms with E-state index in [9.17, 15) is 13.6 Å². The van der Waals surface area contributed by atoms with Crippen LogP contribution in [0.2, 0.25) is 5.02 Å². The smallest absolute Gasteiger partial charge is 0.319 e. The molecular formula is C34H34ClF3N6O2. The van der Waals surface area contributed by atoms with E-state index in [1.807, 2.05) is 18.9 Å². The van der Waals surface area contributed by atoms with Crippen molar-refractivity contribution in [3.63, 3.8) is 0 Å². The van der Waals surface area contributed by atoms with Crippen LogP contribution in [-0.2, 0) is 4.79 Å². The number of likely N-dealkylation sites (N-methyl/N-ethyl adjacent to an activating group) is 1. The van der Waals surface area contributed by atoms with Gasteiger partial charge in [0.05, 0.1) is 22.0 Å². The second-order valence-electron chi connectivity index (χ2n) is 12.6. The number of carbonyl (C=O) groups excluding carboxylic acids is 1. The minimum atomic E-state index is -0.934. The number of aromatic nitrogens is 3. The number of hydrogen-bond acceptors (Lipinski definition) is 7. The number of fused-ring (bicyclic) bond motifs is 3. The molecule has 4 aromatic rings. The average molecular weight is 651 g/mol. The predicted octanol–water partition coefficient (Wildman–Crippen LogP) is 6.34. The van der Waals surface area contributed by atoms with Crippen LogP contribution in [0, 0.1) is 11.6 Å². The van der Waals surface area contributed by atoms with Gasteiger partial charge in [-0.15, -0.1) is 0 Å². The Bertz CT molecular complexity index is 1880. The summed E-state index contributed by atoms with van der Waals surface area (Å²) < 4.78 is 52.0. The fourth-order valence-electron chi connectivity index (χ4n) is 7.72. The van der Waals surface area contributed by atoms with Crippen LogP contribution in [0.4, 0.5) is 19.0 Å². The summed E-state index contributed by atoms with van der Waals surface area (Å²) in [6.07, 6.45) is 4.62. The van der Waals surface area contributed by atoms with Gasteiger partial charge in [-0.25, -0.2) is 13.2 Å². The van der Waals surface area contributed by atoms with E-state index in [0.717, 1.165) is 19.4 Å². The Hall–Kier alpha value is -3.96. The molecule has 0 spiro atoms. The molecule has 240 valence electrons. The molecule has 0 bridgehead atoms. The summed E-state index contributed by atoms with van der Waals surface area (Å²) in [5, 5.41) is 1.19. The first kappa shape index (κ1) is 30.7. The van der Waals surface area contributed by atoms with E-state index in [0.29, 0.717) is 53.5 Å². The van der Waals surface area contributed by atoms with Crippen LogP contribution >= 0.6 is 11.6 Å². The number of pyridine rings is 1. The fraction of sp³-hybridized carbons (Fsp3) is 0.412. The highest BCUT2D eigenvalue weighted by molar-refractivity contribution is 6.36. The Labute approximate surface area is 269 Å². The molecule has 12 heteroatoms. The Morgan fingerprint density at radius 1 is 1.24 bits per heavy atom. The highest BCUT2D eigenvalue weighted by atomic mass is 35.5. The van der Waals surface area contributed by atoms with Crippen molar-refractivity contribution < 1.29 is 22.7 Å². The van der Waals surface area contributed by atoms with Crippen LogP contribution in [0.25, 0.3) is 32.9 Å². The van der Waals surface area contributed by atoms with Gasteiger partial charge >= 0.3 is 6.01 Å². The van der Waals surface area contributed by atoms with Crippen LogP contribution in [0.15, 0.2) is 49.2 Å². The average Bonchev–Trinajstić information content (AvgIpc) is 3.72. The molecule has 8 nitrogen and oxygen atoms in total. The number of carbonyl (C=O) groups is 1.